The standard InChI is InChI=1S/C26H38O2/c1-20(2)9-6-10-21(3)11-7-12-22(4)13-8-17-26(5)18-16-23-19-24(27)14-15-25(23)28-26/h9,11,13-15,19,27H,6-8,10,12,16-18H2,1-5H3/b21-11+,22-13+/t26-/m1/s1. The molecule has 1 aliphatic heterocycles. The highest BCUT2D eigenvalue weighted by molar-refractivity contribution is 5.41. The number of phenols is 1. The van der Waals surface area contributed by atoms with Gasteiger partial charge in [-0.3, -0.25) is 0 Å². The van der Waals surface area contributed by atoms with Gasteiger partial charge >= 0.3 is 0 Å². The minimum absolute atomic E-state index is 0.109. The average molecular weight is 383 g/mol. The van der Waals surface area contributed by atoms with E-state index in [1.54, 1.807) is 6.07 Å². The van der Waals surface area contributed by atoms with Crippen LogP contribution in [0.5, 0.6) is 11.5 Å². The molecule has 0 saturated carbocycles. The van der Waals surface area contributed by atoms with Crippen LogP contribution in [-0.4, -0.2) is 10.7 Å². The third-order valence-electron chi connectivity index (χ3n) is 5.61. The molecular formula is C26H38O2. The molecule has 28 heavy (non-hydrogen) atoms. The second kappa shape index (κ2) is 10.5. The molecule has 0 spiro atoms. The Balaban J connectivity index is 1.74. The number of ether oxygens (including phenoxy) is 1. The quantitative estimate of drug-likeness (QED) is 0.444. The molecule has 1 atom stereocenters. The zero-order chi connectivity index (χ0) is 20.6. The normalized spacial score (nSPS) is 19.8. The van der Waals surface area contributed by atoms with E-state index in [1.807, 2.05) is 12.1 Å². The van der Waals surface area contributed by atoms with Gasteiger partial charge in [-0.2, -0.15) is 0 Å². The van der Waals surface area contributed by atoms with Crippen molar-refractivity contribution in [3.8, 4) is 11.5 Å². The molecule has 1 aromatic carbocycles. The van der Waals surface area contributed by atoms with Gasteiger partial charge in [0.15, 0.2) is 0 Å². The molecule has 1 heterocycles. The Morgan fingerprint density at radius 2 is 1.64 bits per heavy atom. The highest BCUT2D eigenvalue weighted by Crippen LogP contribution is 2.37. The van der Waals surface area contributed by atoms with Crippen LogP contribution in [0.3, 0.4) is 0 Å². The van der Waals surface area contributed by atoms with Crippen LogP contribution in [0.15, 0.2) is 53.1 Å². The van der Waals surface area contributed by atoms with Crippen molar-refractivity contribution in [1.29, 1.82) is 0 Å². The largest absolute Gasteiger partial charge is 0.508 e. The number of hydrogen-bond donors (Lipinski definition) is 1. The fourth-order valence-electron chi connectivity index (χ4n) is 3.72. The highest BCUT2D eigenvalue weighted by atomic mass is 16.5. The van der Waals surface area contributed by atoms with Gasteiger partial charge in [0.1, 0.15) is 17.1 Å². The van der Waals surface area contributed by atoms with Gasteiger partial charge in [-0.25, -0.2) is 0 Å². The number of aromatic hydroxyl groups is 1. The molecule has 0 unspecified atom stereocenters. The Morgan fingerprint density at radius 1 is 1.00 bits per heavy atom. The van der Waals surface area contributed by atoms with Crippen LogP contribution >= 0.6 is 0 Å². The van der Waals surface area contributed by atoms with Crippen LogP contribution in [0.25, 0.3) is 0 Å². The van der Waals surface area contributed by atoms with Gasteiger partial charge in [0.25, 0.3) is 0 Å². The van der Waals surface area contributed by atoms with Crippen molar-refractivity contribution in [2.45, 2.75) is 91.6 Å². The van der Waals surface area contributed by atoms with E-state index >= 15 is 0 Å². The van der Waals surface area contributed by atoms with Crippen LogP contribution < -0.4 is 4.74 Å². The Kier molecular flexibility index (Phi) is 8.41. The number of fused-ring (bicyclic) bond motifs is 1. The maximum absolute atomic E-state index is 9.62. The summed E-state index contributed by atoms with van der Waals surface area (Å²) in [6, 6.07) is 5.44. The van der Waals surface area contributed by atoms with Crippen molar-refractivity contribution in [3.63, 3.8) is 0 Å². The molecule has 154 valence electrons. The van der Waals surface area contributed by atoms with E-state index in [0.29, 0.717) is 5.75 Å². The number of benzene rings is 1. The van der Waals surface area contributed by atoms with E-state index in [0.717, 1.165) is 56.3 Å². The van der Waals surface area contributed by atoms with Gasteiger partial charge in [-0.1, -0.05) is 34.9 Å². The Morgan fingerprint density at radius 3 is 2.32 bits per heavy atom. The Hall–Kier alpha value is -1.96. The summed E-state index contributed by atoms with van der Waals surface area (Å²) in [6.45, 7) is 11.0. The third kappa shape index (κ3) is 7.58. The topological polar surface area (TPSA) is 29.5 Å². The number of aryl methyl sites for hydroxylation is 1. The van der Waals surface area contributed by atoms with E-state index < -0.39 is 0 Å². The summed E-state index contributed by atoms with van der Waals surface area (Å²) in [6.07, 6.45) is 15.8. The van der Waals surface area contributed by atoms with Gasteiger partial charge in [-0.15, -0.1) is 0 Å². The van der Waals surface area contributed by atoms with Crippen LogP contribution in [0.4, 0.5) is 0 Å². The summed E-state index contributed by atoms with van der Waals surface area (Å²) in [5.74, 6) is 1.26. The van der Waals surface area contributed by atoms with E-state index in [-0.39, 0.29) is 5.60 Å². The second-order valence-electron chi connectivity index (χ2n) is 8.84. The number of phenolic OH excluding ortho intramolecular Hbond substituents is 1. The lowest BCUT2D eigenvalue weighted by Gasteiger charge is -2.35. The van der Waals surface area contributed by atoms with Gasteiger partial charge in [0.2, 0.25) is 0 Å². The van der Waals surface area contributed by atoms with E-state index in [1.165, 1.54) is 23.1 Å². The van der Waals surface area contributed by atoms with Crippen molar-refractivity contribution < 1.29 is 9.84 Å². The molecule has 2 nitrogen and oxygen atoms in total. The smallest absolute Gasteiger partial charge is 0.123 e. The lowest BCUT2D eigenvalue weighted by molar-refractivity contribution is 0.0570. The number of allylic oxidation sites excluding steroid dienone is 6. The van der Waals surface area contributed by atoms with Crippen molar-refractivity contribution >= 4 is 0 Å². The molecule has 0 amide bonds. The lowest BCUT2D eigenvalue weighted by Crippen LogP contribution is -2.36. The molecule has 2 rings (SSSR count). The summed E-state index contributed by atoms with van der Waals surface area (Å²) >= 11 is 0. The molecule has 1 aliphatic rings. The Labute approximate surface area is 172 Å². The van der Waals surface area contributed by atoms with E-state index in [2.05, 4.69) is 52.8 Å². The zero-order valence-electron chi connectivity index (χ0n) is 18.5. The first-order valence-corrected chi connectivity index (χ1v) is 10.7. The molecule has 0 aromatic heterocycles. The van der Waals surface area contributed by atoms with Gasteiger partial charge in [0.05, 0.1) is 0 Å². The van der Waals surface area contributed by atoms with Crippen LogP contribution in [0.1, 0.15) is 85.1 Å². The van der Waals surface area contributed by atoms with Gasteiger partial charge < -0.3 is 9.84 Å². The highest BCUT2D eigenvalue weighted by Gasteiger charge is 2.30. The zero-order valence-corrected chi connectivity index (χ0v) is 18.5. The van der Waals surface area contributed by atoms with Crippen molar-refractivity contribution in [1.82, 2.24) is 0 Å². The molecule has 0 saturated heterocycles. The van der Waals surface area contributed by atoms with E-state index in [4.69, 9.17) is 4.74 Å². The lowest BCUT2D eigenvalue weighted by atomic mass is 9.88. The predicted octanol–water partition coefficient (Wildman–Crippen LogP) is 7.68. The SMILES string of the molecule is CC(C)=CCC/C(C)=C/CC/C(C)=C/CC[C@]1(C)CCc2cc(O)ccc2O1. The summed E-state index contributed by atoms with van der Waals surface area (Å²) in [5.41, 5.74) is 5.39. The molecule has 2 heteroatoms. The molecule has 0 bridgehead atoms. The first kappa shape index (κ1) is 22.3. The molecule has 0 radical (unpaired) electrons. The second-order valence-corrected chi connectivity index (χ2v) is 8.84. The average Bonchev–Trinajstić information content (AvgIpc) is 2.61. The van der Waals surface area contributed by atoms with Crippen LogP contribution in [0.2, 0.25) is 0 Å². The van der Waals surface area contributed by atoms with Crippen LogP contribution in [0, 0.1) is 0 Å². The number of hydrogen-bond acceptors (Lipinski definition) is 2. The number of rotatable bonds is 9. The summed E-state index contributed by atoms with van der Waals surface area (Å²) < 4.78 is 6.27. The first-order valence-electron chi connectivity index (χ1n) is 10.7. The first-order chi connectivity index (χ1) is 13.3. The fourth-order valence-corrected chi connectivity index (χ4v) is 3.72. The van der Waals surface area contributed by atoms with Crippen molar-refractivity contribution in [3.05, 3.63) is 58.7 Å². The summed E-state index contributed by atoms with van der Waals surface area (Å²) in [5, 5.41) is 9.62. The minimum Gasteiger partial charge on any atom is -0.508 e. The van der Waals surface area contributed by atoms with E-state index in [9.17, 15) is 5.11 Å². The van der Waals surface area contributed by atoms with Gasteiger partial charge in [-0.05, 0) is 110 Å². The summed E-state index contributed by atoms with van der Waals surface area (Å²) in [7, 11) is 0. The molecule has 1 aromatic rings. The maximum atomic E-state index is 9.62. The maximum Gasteiger partial charge on any atom is 0.123 e. The third-order valence-corrected chi connectivity index (χ3v) is 5.61. The molecule has 1 N–H and O–H groups in total. The monoisotopic (exact) mass is 382 g/mol. The fraction of sp³-hybridized carbons (Fsp3) is 0.538. The molecule has 0 fully saturated rings. The molecule has 0 aliphatic carbocycles. The minimum atomic E-state index is -0.109. The summed E-state index contributed by atoms with van der Waals surface area (Å²) in [4.78, 5) is 0. The Bertz CT molecular complexity index is 735. The van der Waals surface area contributed by atoms with Gasteiger partial charge in [0, 0.05) is 0 Å². The van der Waals surface area contributed by atoms with Crippen LogP contribution in [-0.2, 0) is 6.42 Å². The molecular weight excluding hydrogens is 344 g/mol. The van der Waals surface area contributed by atoms with Crippen molar-refractivity contribution in [2.75, 3.05) is 0 Å². The predicted molar refractivity (Wildman–Crippen MR) is 120 cm³/mol. The van der Waals surface area contributed by atoms with Crippen molar-refractivity contribution in [2.24, 2.45) is 0 Å².